The van der Waals surface area contributed by atoms with Gasteiger partial charge in [0.2, 0.25) is 0 Å². The zero-order valence-corrected chi connectivity index (χ0v) is 13.2. The minimum absolute atomic E-state index is 1.00. The number of hydrogen-bond acceptors (Lipinski definition) is 0. The molecule has 0 saturated carbocycles. The Kier molecular flexibility index (Phi) is 5.99. The van der Waals surface area contributed by atoms with Gasteiger partial charge in [-0.05, 0) is 31.2 Å². The molecule has 0 bridgehead atoms. The van der Waals surface area contributed by atoms with Crippen LogP contribution in [0.1, 0.15) is 20.3 Å². The van der Waals surface area contributed by atoms with E-state index in [0.29, 0.717) is 0 Å². The van der Waals surface area contributed by atoms with Crippen molar-refractivity contribution < 1.29 is 0 Å². The first-order valence-corrected chi connectivity index (χ1v) is 8.91. The first-order valence-electron chi connectivity index (χ1n) is 6.67. The van der Waals surface area contributed by atoms with Crippen LogP contribution in [-0.4, -0.2) is 6.66 Å². The summed E-state index contributed by atoms with van der Waals surface area (Å²) < 4.78 is 0. The third kappa shape index (κ3) is 3.33. The van der Waals surface area contributed by atoms with Gasteiger partial charge in [-0.2, -0.15) is 0 Å². The smallest absolute Gasteiger partial charge is 0.0951 e. The Morgan fingerprint density at radius 3 is 2.37 bits per heavy atom. The molecule has 0 aliphatic rings. The van der Waals surface area contributed by atoms with E-state index in [1.54, 1.807) is 0 Å². The third-order valence-electron chi connectivity index (χ3n) is 3.50. The van der Waals surface area contributed by atoms with Crippen LogP contribution in [0.3, 0.4) is 0 Å². The zero-order chi connectivity index (χ0) is 14.3. The van der Waals surface area contributed by atoms with Crippen LogP contribution in [0, 0.1) is 0 Å². The van der Waals surface area contributed by atoms with Crippen molar-refractivity contribution in [3.05, 3.63) is 78.4 Å². The minimum atomic E-state index is -1.56. The number of rotatable bonds is 6. The molecular formula is C18H24P+. The fourth-order valence-corrected chi connectivity index (χ4v) is 5.33. The highest BCUT2D eigenvalue weighted by Crippen LogP contribution is 2.68. The molecule has 0 heterocycles. The van der Waals surface area contributed by atoms with Crippen LogP contribution < -0.4 is 5.30 Å². The average Bonchev–Trinajstić information content (AvgIpc) is 2.47. The molecule has 1 aromatic carbocycles. The molecule has 0 amide bonds. The Morgan fingerprint density at radius 2 is 1.89 bits per heavy atom. The van der Waals surface area contributed by atoms with E-state index in [2.05, 4.69) is 69.2 Å². The Balaban J connectivity index is 3.43. The molecule has 0 fully saturated rings. The second kappa shape index (κ2) is 7.26. The van der Waals surface area contributed by atoms with Crippen LogP contribution >= 0.6 is 7.26 Å². The Labute approximate surface area is 118 Å². The number of benzene rings is 1. The quantitative estimate of drug-likeness (QED) is 0.471. The predicted molar refractivity (Wildman–Crippen MR) is 91.4 cm³/mol. The lowest BCUT2D eigenvalue weighted by atomic mass is 10.4. The van der Waals surface area contributed by atoms with Crippen molar-refractivity contribution >= 4 is 12.6 Å². The lowest BCUT2D eigenvalue weighted by molar-refractivity contribution is 1.20. The van der Waals surface area contributed by atoms with E-state index in [4.69, 9.17) is 0 Å². The maximum absolute atomic E-state index is 4.34. The van der Waals surface area contributed by atoms with Crippen molar-refractivity contribution in [1.82, 2.24) is 0 Å². The molecule has 0 radical (unpaired) electrons. The van der Waals surface area contributed by atoms with E-state index in [0.717, 1.165) is 6.42 Å². The van der Waals surface area contributed by atoms with Crippen molar-refractivity contribution in [2.45, 2.75) is 20.3 Å². The maximum atomic E-state index is 4.34. The van der Waals surface area contributed by atoms with Crippen LogP contribution in [0.15, 0.2) is 78.4 Å². The molecular weight excluding hydrogens is 247 g/mol. The van der Waals surface area contributed by atoms with Gasteiger partial charge in [0, 0.05) is 6.42 Å². The summed E-state index contributed by atoms with van der Waals surface area (Å²) in [6, 6.07) is 10.7. The zero-order valence-electron chi connectivity index (χ0n) is 12.3. The van der Waals surface area contributed by atoms with Crippen molar-refractivity contribution in [2.75, 3.05) is 6.66 Å². The van der Waals surface area contributed by atoms with Gasteiger partial charge in [-0.25, -0.2) is 0 Å². The fourth-order valence-electron chi connectivity index (χ4n) is 2.15. The van der Waals surface area contributed by atoms with E-state index in [1.807, 2.05) is 19.1 Å². The van der Waals surface area contributed by atoms with Gasteiger partial charge in [0.05, 0.1) is 12.0 Å². The molecule has 0 N–H and O–H groups in total. The van der Waals surface area contributed by atoms with Crippen molar-refractivity contribution in [3.8, 4) is 0 Å². The molecule has 19 heavy (non-hydrogen) atoms. The summed E-state index contributed by atoms with van der Waals surface area (Å²) in [6.07, 6.45) is 9.30. The highest BCUT2D eigenvalue weighted by Gasteiger charge is 2.40. The summed E-state index contributed by atoms with van der Waals surface area (Å²) in [6.45, 7) is 14.9. The lowest BCUT2D eigenvalue weighted by Gasteiger charge is -2.24. The SMILES string of the molecule is C=C/C(=C\C=C/C)[P+](C)(C(=C)CC)c1ccccc1. The van der Waals surface area contributed by atoms with Gasteiger partial charge in [0.25, 0.3) is 0 Å². The summed E-state index contributed by atoms with van der Waals surface area (Å²) in [5.74, 6) is 0. The summed E-state index contributed by atoms with van der Waals surface area (Å²) in [7, 11) is -1.56. The molecule has 1 rings (SSSR count). The Morgan fingerprint density at radius 1 is 1.26 bits per heavy atom. The van der Waals surface area contributed by atoms with Gasteiger partial charge >= 0.3 is 0 Å². The fraction of sp³-hybridized carbons (Fsp3) is 0.222. The molecule has 100 valence electrons. The largest absolute Gasteiger partial charge is 0.104 e. The van der Waals surface area contributed by atoms with Crippen LogP contribution in [0.5, 0.6) is 0 Å². The minimum Gasteiger partial charge on any atom is -0.0951 e. The topological polar surface area (TPSA) is 0 Å². The van der Waals surface area contributed by atoms with Gasteiger partial charge in [0.1, 0.15) is 17.9 Å². The first-order chi connectivity index (χ1) is 9.11. The molecule has 0 aliphatic carbocycles. The van der Waals surface area contributed by atoms with Gasteiger partial charge in [0.15, 0.2) is 0 Å². The number of allylic oxidation sites excluding steroid dienone is 6. The van der Waals surface area contributed by atoms with E-state index >= 15 is 0 Å². The second-order valence-corrected chi connectivity index (χ2v) is 8.26. The molecule has 1 atom stereocenters. The summed E-state index contributed by atoms with van der Waals surface area (Å²) in [5.41, 5.74) is 0. The third-order valence-corrected chi connectivity index (χ3v) is 7.77. The molecule has 0 aromatic heterocycles. The summed E-state index contributed by atoms with van der Waals surface area (Å²) in [4.78, 5) is 0. The van der Waals surface area contributed by atoms with Crippen LogP contribution in [-0.2, 0) is 0 Å². The molecule has 1 unspecified atom stereocenters. The Hall–Kier alpha value is -1.39. The van der Waals surface area contributed by atoms with E-state index in [-0.39, 0.29) is 0 Å². The van der Waals surface area contributed by atoms with Crippen LogP contribution in [0.25, 0.3) is 0 Å². The molecule has 1 heteroatoms. The first kappa shape index (κ1) is 15.7. The summed E-state index contributed by atoms with van der Waals surface area (Å²) in [5, 5.41) is 3.98. The lowest BCUT2D eigenvalue weighted by Crippen LogP contribution is -2.12. The van der Waals surface area contributed by atoms with E-state index < -0.39 is 7.26 Å². The monoisotopic (exact) mass is 271 g/mol. The van der Waals surface area contributed by atoms with E-state index in [9.17, 15) is 0 Å². The molecule has 0 aliphatic heterocycles. The van der Waals surface area contributed by atoms with Crippen LogP contribution in [0.2, 0.25) is 0 Å². The van der Waals surface area contributed by atoms with Crippen LogP contribution in [0.4, 0.5) is 0 Å². The average molecular weight is 271 g/mol. The van der Waals surface area contributed by atoms with E-state index in [1.165, 1.54) is 15.9 Å². The second-order valence-electron chi connectivity index (χ2n) is 4.58. The van der Waals surface area contributed by atoms with Gasteiger partial charge < -0.3 is 0 Å². The predicted octanol–water partition coefficient (Wildman–Crippen LogP) is 5.53. The molecule has 0 nitrogen and oxygen atoms in total. The van der Waals surface area contributed by atoms with Gasteiger partial charge in [-0.15, -0.1) is 0 Å². The summed E-state index contributed by atoms with van der Waals surface area (Å²) >= 11 is 0. The van der Waals surface area contributed by atoms with Crippen molar-refractivity contribution in [1.29, 1.82) is 0 Å². The molecule has 0 saturated heterocycles. The Bertz CT molecular complexity index is 494. The maximum Gasteiger partial charge on any atom is 0.104 e. The standard InChI is InChI=1S/C18H24P/c1-6-9-13-17(8-3)19(5,16(4)7-2)18-14-11-10-12-15-18/h6,8-15H,3-4,7H2,1-2,5H3/q+1/b9-6-,17-13+. The van der Waals surface area contributed by atoms with Gasteiger partial charge in [-0.1, -0.05) is 50.4 Å². The van der Waals surface area contributed by atoms with Crippen molar-refractivity contribution in [2.24, 2.45) is 0 Å². The highest BCUT2D eigenvalue weighted by atomic mass is 31.2. The molecule has 1 aromatic rings. The molecule has 0 spiro atoms. The van der Waals surface area contributed by atoms with Crippen molar-refractivity contribution in [3.63, 3.8) is 0 Å². The number of hydrogen-bond donors (Lipinski definition) is 0. The normalized spacial score (nSPS) is 15.2. The highest BCUT2D eigenvalue weighted by molar-refractivity contribution is 7.89. The van der Waals surface area contributed by atoms with Gasteiger partial charge in [-0.3, -0.25) is 0 Å².